The van der Waals surface area contributed by atoms with Crippen LogP contribution in [0.2, 0.25) is 0 Å². The van der Waals surface area contributed by atoms with Crippen molar-refractivity contribution >= 4 is 17.9 Å². The van der Waals surface area contributed by atoms with Crippen LogP contribution < -0.4 is 16.4 Å². The Bertz CT molecular complexity index is 387. The Morgan fingerprint density at radius 1 is 1.53 bits per heavy atom. The Morgan fingerprint density at radius 3 is 2.58 bits per heavy atom. The van der Waals surface area contributed by atoms with Crippen LogP contribution in [-0.2, 0) is 14.3 Å². The van der Waals surface area contributed by atoms with Gasteiger partial charge in [0.2, 0.25) is 5.91 Å². The van der Waals surface area contributed by atoms with Crippen LogP contribution in [0.3, 0.4) is 0 Å². The summed E-state index contributed by atoms with van der Waals surface area (Å²) < 4.78 is 5.35. The van der Waals surface area contributed by atoms with Gasteiger partial charge in [-0.15, -0.1) is 0 Å². The summed E-state index contributed by atoms with van der Waals surface area (Å²) in [6, 6.07) is -1.99. The molecule has 3 atom stereocenters. The highest BCUT2D eigenvalue weighted by molar-refractivity contribution is 5.87. The first kappa shape index (κ1) is 15.2. The minimum absolute atomic E-state index is 0.169. The minimum atomic E-state index is -1.33. The van der Waals surface area contributed by atoms with Gasteiger partial charge in [-0.3, -0.25) is 4.79 Å². The number of carboxylic acids is 1. The van der Waals surface area contributed by atoms with Gasteiger partial charge in [0.1, 0.15) is 6.04 Å². The van der Waals surface area contributed by atoms with E-state index in [9.17, 15) is 14.4 Å². The molecule has 0 aromatic carbocycles. The summed E-state index contributed by atoms with van der Waals surface area (Å²) in [4.78, 5) is 33.4. The molecular weight excluding hydrogens is 254 g/mol. The van der Waals surface area contributed by atoms with Crippen molar-refractivity contribution in [3.63, 3.8) is 0 Å². The maximum absolute atomic E-state index is 11.8. The maximum Gasteiger partial charge on any atom is 0.326 e. The van der Waals surface area contributed by atoms with Crippen molar-refractivity contribution in [2.45, 2.75) is 44.4 Å². The zero-order chi connectivity index (χ0) is 14.6. The molecule has 8 heteroatoms. The minimum Gasteiger partial charge on any atom is -0.480 e. The van der Waals surface area contributed by atoms with Crippen LogP contribution in [0.1, 0.15) is 26.7 Å². The molecule has 108 valence electrons. The average molecular weight is 273 g/mol. The quantitative estimate of drug-likeness (QED) is 0.520. The van der Waals surface area contributed by atoms with Crippen molar-refractivity contribution in [1.82, 2.24) is 10.6 Å². The van der Waals surface area contributed by atoms with E-state index >= 15 is 0 Å². The van der Waals surface area contributed by atoms with Gasteiger partial charge in [0, 0.05) is 6.61 Å². The molecule has 1 rings (SSSR count). The van der Waals surface area contributed by atoms with E-state index in [1.165, 1.54) is 0 Å². The van der Waals surface area contributed by atoms with E-state index in [2.05, 4.69) is 10.6 Å². The van der Waals surface area contributed by atoms with Crippen molar-refractivity contribution in [3.05, 3.63) is 0 Å². The second kappa shape index (κ2) is 5.87. The van der Waals surface area contributed by atoms with E-state index in [1.54, 1.807) is 0 Å². The van der Waals surface area contributed by atoms with Crippen LogP contribution in [0, 0.1) is 0 Å². The Kier molecular flexibility index (Phi) is 4.71. The van der Waals surface area contributed by atoms with Crippen LogP contribution in [0.5, 0.6) is 0 Å². The average Bonchev–Trinajstić information content (AvgIpc) is 2.57. The van der Waals surface area contributed by atoms with Gasteiger partial charge >= 0.3 is 12.0 Å². The Morgan fingerprint density at radius 2 is 2.16 bits per heavy atom. The van der Waals surface area contributed by atoms with Crippen molar-refractivity contribution in [2.75, 3.05) is 6.61 Å². The molecule has 1 saturated heterocycles. The van der Waals surface area contributed by atoms with Gasteiger partial charge in [0.25, 0.3) is 0 Å². The molecule has 8 nitrogen and oxygen atoms in total. The third-order valence-corrected chi connectivity index (χ3v) is 3.29. The number of hydrogen-bond acceptors (Lipinski definition) is 4. The molecule has 5 N–H and O–H groups in total. The summed E-state index contributed by atoms with van der Waals surface area (Å²) in [7, 11) is 0. The zero-order valence-electron chi connectivity index (χ0n) is 10.9. The van der Waals surface area contributed by atoms with E-state index < -0.39 is 35.9 Å². The van der Waals surface area contributed by atoms with Crippen molar-refractivity contribution in [3.8, 4) is 0 Å². The number of ether oxygens (including phenoxy) is 1. The molecule has 1 aliphatic heterocycles. The number of carbonyl (C=O) groups is 3. The fourth-order valence-electron chi connectivity index (χ4n) is 1.85. The predicted octanol–water partition coefficient (Wildman–Crippen LogP) is -0.818. The summed E-state index contributed by atoms with van der Waals surface area (Å²) >= 11 is 0. The number of primary amides is 1. The summed E-state index contributed by atoms with van der Waals surface area (Å²) in [6.45, 7) is 4.17. The first-order valence-corrected chi connectivity index (χ1v) is 5.96. The van der Waals surface area contributed by atoms with Gasteiger partial charge in [0.05, 0.1) is 18.1 Å². The molecule has 0 radical (unpaired) electrons. The van der Waals surface area contributed by atoms with E-state index in [0.29, 0.717) is 13.0 Å². The summed E-state index contributed by atoms with van der Waals surface area (Å²) in [5.74, 6) is -2.11. The number of carbonyl (C=O) groups excluding carboxylic acids is 2. The van der Waals surface area contributed by atoms with Crippen molar-refractivity contribution in [1.29, 1.82) is 0 Å². The van der Waals surface area contributed by atoms with E-state index in [4.69, 9.17) is 15.6 Å². The van der Waals surface area contributed by atoms with Crippen molar-refractivity contribution in [2.24, 2.45) is 5.73 Å². The second-order valence-corrected chi connectivity index (χ2v) is 4.84. The number of urea groups is 1. The second-order valence-electron chi connectivity index (χ2n) is 4.84. The molecule has 0 bridgehead atoms. The van der Waals surface area contributed by atoms with Crippen LogP contribution in [0.4, 0.5) is 4.79 Å². The fourth-order valence-corrected chi connectivity index (χ4v) is 1.85. The predicted molar refractivity (Wildman–Crippen MR) is 65.3 cm³/mol. The molecule has 3 amide bonds. The van der Waals surface area contributed by atoms with Crippen LogP contribution >= 0.6 is 0 Å². The lowest BCUT2D eigenvalue weighted by Crippen LogP contribution is -2.57. The topological polar surface area (TPSA) is 131 Å². The highest BCUT2D eigenvalue weighted by Crippen LogP contribution is 2.24. The van der Waals surface area contributed by atoms with Gasteiger partial charge in [0.15, 0.2) is 0 Å². The first-order chi connectivity index (χ1) is 8.74. The molecule has 3 unspecified atom stereocenters. The van der Waals surface area contributed by atoms with Gasteiger partial charge in [-0.1, -0.05) is 0 Å². The molecule has 1 heterocycles. The van der Waals surface area contributed by atoms with E-state index in [-0.39, 0.29) is 6.10 Å². The molecule has 0 aromatic heterocycles. The molecule has 19 heavy (non-hydrogen) atoms. The molecule has 0 saturated carbocycles. The normalized spacial score (nSPS) is 27.6. The number of hydrogen-bond donors (Lipinski definition) is 4. The molecule has 0 aliphatic carbocycles. The lowest BCUT2D eigenvalue weighted by molar-refractivity contribution is -0.140. The Labute approximate surface area is 110 Å². The summed E-state index contributed by atoms with van der Waals surface area (Å²) in [6.07, 6.45) is 0.0124. The molecule has 0 aromatic rings. The first-order valence-electron chi connectivity index (χ1n) is 5.96. The largest absolute Gasteiger partial charge is 0.480 e. The third kappa shape index (κ3) is 4.09. The number of nitrogens with one attached hydrogen (secondary N) is 2. The molecule has 1 aliphatic rings. The van der Waals surface area contributed by atoms with E-state index in [0.717, 1.165) is 0 Å². The van der Waals surface area contributed by atoms with Crippen LogP contribution in [0.15, 0.2) is 0 Å². The molecule has 1 fully saturated rings. The smallest absolute Gasteiger partial charge is 0.326 e. The summed E-state index contributed by atoms with van der Waals surface area (Å²) in [5, 5.41) is 13.8. The fraction of sp³-hybridized carbons (Fsp3) is 0.727. The van der Waals surface area contributed by atoms with E-state index in [1.807, 2.05) is 13.8 Å². The number of nitrogens with two attached hydrogens (primary N) is 1. The standard InChI is InChI=1S/C11H19N3O5/c1-6-11(2,3-4-19-6)14-10(18)13-7(9(16)17)5-8(12)15/h6-7H,3-5H2,1-2H3,(H2,12,15)(H,16,17)(H2,13,14,18). The molecule has 0 spiro atoms. The number of aliphatic carboxylic acids is 1. The highest BCUT2D eigenvalue weighted by atomic mass is 16.5. The zero-order valence-corrected chi connectivity index (χ0v) is 10.9. The Hall–Kier alpha value is -1.83. The van der Waals surface area contributed by atoms with Crippen LogP contribution in [0.25, 0.3) is 0 Å². The number of amides is 3. The third-order valence-electron chi connectivity index (χ3n) is 3.29. The SMILES string of the molecule is CC1OCCC1(C)NC(=O)NC(CC(N)=O)C(=O)O. The lowest BCUT2D eigenvalue weighted by Gasteiger charge is -2.29. The maximum atomic E-state index is 11.8. The van der Waals surface area contributed by atoms with Gasteiger partial charge in [-0.05, 0) is 20.3 Å². The lowest BCUT2D eigenvalue weighted by atomic mass is 9.95. The summed E-state index contributed by atoms with van der Waals surface area (Å²) in [5.41, 5.74) is 4.37. The van der Waals surface area contributed by atoms with Gasteiger partial charge < -0.3 is 26.2 Å². The number of rotatable bonds is 5. The van der Waals surface area contributed by atoms with Crippen molar-refractivity contribution < 1.29 is 24.2 Å². The number of carboxylic acid groups (broad SMARTS) is 1. The van der Waals surface area contributed by atoms with Crippen LogP contribution in [-0.4, -0.2) is 47.3 Å². The van der Waals surface area contributed by atoms with Gasteiger partial charge in [-0.25, -0.2) is 9.59 Å². The molecular formula is C11H19N3O5. The highest BCUT2D eigenvalue weighted by Gasteiger charge is 2.38. The van der Waals surface area contributed by atoms with Gasteiger partial charge in [-0.2, -0.15) is 0 Å². The Balaban J connectivity index is 2.58. The monoisotopic (exact) mass is 273 g/mol.